The summed E-state index contributed by atoms with van der Waals surface area (Å²) >= 11 is 0. The monoisotopic (exact) mass is 180 g/mol. The molecule has 1 saturated carbocycles. The Kier molecular flexibility index (Phi) is 1.62. The van der Waals surface area contributed by atoms with E-state index in [1.807, 2.05) is 0 Å². The van der Waals surface area contributed by atoms with E-state index in [0.29, 0.717) is 11.8 Å². The van der Waals surface area contributed by atoms with Crippen molar-refractivity contribution in [3.8, 4) is 0 Å². The molecule has 3 nitrogen and oxygen atoms in total. The highest BCUT2D eigenvalue weighted by Gasteiger charge is 2.46. The number of fused-ring (bicyclic) bond motifs is 1. The van der Waals surface area contributed by atoms with Crippen LogP contribution in [-0.4, -0.2) is 37.0 Å². The van der Waals surface area contributed by atoms with Gasteiger partial charge >= 0.3 is 0 Å². The molecule has 1 N–H and O–H groups in total. The molecule has 0 radical (unpaired) electrons. The van der Waals surface area contributed by atoms with Crippen LogP contribution < -0.4 is 5.32 Å². The number of amides is 1. The third-order valence-corrected chi connectivity index (χ3v) is 3.66. The van der Waals surface area contributed by atoms with Crippen LogP contribution in [0.15, 0.2) is 0 Å². The Morgan fingerprint density at radius 1 is 1.31 bits per heavy atom. The first-order chi connectivity index (χ1) is 6.33. The maximum atomic E-state index is 11.7. The van der Waals surface area contributed by atoms with Gasteiger partial charge in [0.1, 0.15) is 0 Å². The molecule has 1 aliphatic carbocycles. The Labute approximate surface area is 78.5 Å². The predicted molar refractivity (Wildman–Crippen MR) is 49.2 cm³/mol. The maximum absolute atomic E-state index is 11.7. The third-order valence-electron chi connectivity index (χ3n) is 3.66. The van der Waals surface area contributed by atoms with E-state index in [1.165, 1.54) is 6.42 Å². The zero-order chi connectivity index (χ0) is 8.84. The van der Waals surface area contributed by atoms with Crippen LogP contribution in [0.3, 0.4) is 0 Å². The average Bonchev–Trinajstić information content (AvgIpc) is 2.66. The van der Waals surface area contributed by atoms with Crippen molar-refractivity contribution in [3.63, 3.8) is 0 Å². The third kappa shape index (κ3) is 1.35. The van der Waals surface area contributed by atoms with Crippen LogP contribution >= 0.6 is 0 Å². The molecule has 2 saturated heterocycles. The Morgan fingerprint density at radius 2 is 2.00 bits per heavy atom. The van der Waals surface area contributed by atoms with Crippen molar-refractivity contribution >= 4 is 5.91 Å². The van der Waals surface area contributed by atoms with E-state index in [9.17, 15) is 4.79 Å². The number of piperidine rings is 1. The van der Waals surface area contributed by atoms with Gasteiger partial charge in [0.15, 0.2) is 0 Å². The van der Waals surface area contributed by atoms with E-state index >= 15 is 0 Å². The number of carbonyl (C=O) groups is 1. The first kappa shape index (κ1) is 7.80. The van der Waals surface area contributed by atoms with Crippen LogP contribution in [0.4, 0.5) is 0 Å². The quantitative estimate of drug-likeness (QED) is 0.652. The first-order valence-corrected chi connectivity index (χ1v) is 5.31. The number of hydrogen-bond donors (Lipinski definition) is 1. The van der Waals surface area contributed by atoms with Crippen molar-refractivity contribution in [2.75, 3.05) is 26.2 Å². The molecule has 2 unspecified atom stereocenters. The Hall–Kier alpha value is -0.570. The highest BCUT2D eigenvalue weighted by Crippen LogP contribution is 2.45. The number of nitrogens with one attached hydrogen (secondary N) is 1. The SMILES string of the molecule is O=C(CC1CNC1)N1CC2CC2C1. The van der Waals surface area contributed by atoms with Gasteiger partial charge in [-0.15, -0.1) is 0 Å². The van der Waals surface area contributed by atoms with Crippen LogP contribution in [-0.2, 0) is 4.79 Å². The molecular weight excluding hydrogens is 164 g/mol. The molecule has 13 heavy (non-hydrogen) atoms. The van der Waals surface area contributed by atoms with Gasteiger partial charge in [0.05, 0.1) is 0 Å². The topological polar surface area (TPSA) is 32.3 Å². The van der Waals surface area contributed by atoms with Crippen molar-refractivity contribution in [2.45, 2.75) is 12.8 Å². The summed E-state index contributed by atoms with van der Waals surface area (Å²) in [5.41, 5.74) is 0. The molecule has 2 aliphatic heterocycles. The molecule has 3 heteroatoms. The summed E-state index contributed by atoms with van der Waals surface area (Å²) in [5, 5.41) is 3.20. The second kappa shape index (κ2) is 2.71. The van der Waals surface area contributed by atoms with Crippen LogP contribution in [0.2, 0.25) is 0 Å². The Morgan fingerprint density at radius 3 is 2.54 bits per heavy atom. The minimum Gasteiger partial charge on any atom is -0.342 e. The molecule has 0 aromatic rings. The van der Waals surface area contributed by atoms with Gasteiger partial charge in [0.25, 0.3) is 0 Å². The Balaban J connectivity index is 1.50. The van der Waals surface area contributed by atoms with E-state index in [-0.39, 0.29) is 0 Å². The molecule has 0 bridgehead atoms. The highest BCUT2D eigenvalue weighted by molar-refractivity contribution is 5.77. The molecule has 0 aromatic heterocycles. The molecule has 1 amide bonds. The lowest BCUT2D eigenvalue weighted by Gasteiger charge is -2.28. The van der Waals surface area contributed by atoms with Gasteiger partial charge in [-0.25, -0.2) is 0 Å². The first-order valence-electron chi connectivity index (χ1n) is 5.31. The summed E-state index contributed by atoms with van der Waals surface area (Å²) in [4.78, 5) is 13.8. The van der Waals surface area contributed by atoms with Crippen molar-refractivity contribution in [3.05, 3.63) is 0 Å². The maximum Gasteiger partial charge on any atom is 0.222 e. The lowest BCUT2D eigenvalue weighted by atomic mass is 9.99. The van der Waals surface area contributed by atoms with Gasteiger partial charge in [-0.3, -0.25) is 4.79 Å². The molecule has 3 rings (SSSR count). The van der Waals surface area contributed by atoms with Gasteiger partial charge in [-0.2, -0.15) is 0 Å². The van der Waals surface area contributed by atoms with E-state index in [0.717, 1.165) is 44.4 Å². The number of rotatable bonds is 2. The van der Waals surface area contributed by atoms with Crippen LogP contribution in [0.1, 0.15) is 12.8 Å². The van der Waals surface area contributed by atoms with Crippen LogP contribution in [0, 0.1) is 17.8 Å². The van der Waals surface area contributed by atoms with Gasteiger partial charge in [0, 0.05) is 19.5 Å². The Bertz CT molecular complexity index is 227. The number of hydrogen-bond acceptors (Lipinski definition) is 2. The number of nitrogens with zero attached hydrogens (tertiary/aromatic N) is 1. The van der Waals surface area contributed by atoms with E-state index in [2.05, 4.69) is 10.2 Å². The second-order valence-corrected chi connectivity index (χ2v) is 4.78. The fourth-order valence-electron chi connectivity index (χ4n) is 2.47. The van der Waals surface area contributed by atoms with E-state index < -0.39 is 0 Å². The van der Waals surface area contributed by atoms with Gasteiger partial charge in [-0.05, 0) is 37.3 Å². The minimum absolute atomic E-state index is 0.402. The molecule has 72 valence electrons. The van der Waals surface area contributed by atoms with E-state index in [1.54, 1.807) is 0 Å². The van der Waals surface area contributed by atoms with Crippen molar-refractivity contribution < 1.29 is 4.79 Å². The largest absolute Gasteiger partial charge is 0.342 e. The zero-order valence-electron chi connectivity index (χ0n) is 7.83. The average molecular weight is 180 g/mol. The molecular formula is C10H16N2O. The fraction of sp³-hybridized carbons (Fsp3) is 0.900. The number of carbonyl (C=O) groups excluding carboxylic acids is 1. The molecule has 0 aromatic carbocycles. The summed E-state index contributed by atoms with van der Waals surface area (Å²) < 4.78 is 0. The molecule has 3 aliphatic rings. The second-order valence-electron chi connectivity index (χ2n) is 4.78. The summed E-state index contributed by atoms with van der Waals surface area (Å²) in [6.45, 7) is 4.21. The highest BCUT2D eigenvalue weighted by atomic mass is 16.2. The van der Waals surface area contributed by atoms with Gasteiger partial charge < -0.3 is 10.2 Å². The molecule has 2 heterocycles. The summed E-state index contributed by atoms with van der Waals surface area (Å²) in [6, 6.07) is 0. The van der Waals surface area contributed by atoms with Gasteiger partial charge in [-0.1, -0.05) is 0 Å². The van der Waals surface area contributed by atoms with E-state index in [4.69, 9.17) is 0 Å². The van der Waals surface area contributed by atoms with Gasteiger partial charge in [0.2, 0.25) is 5.91 Å². The van der Waals surface area contributed by atoms with Crippen LogP contribution in [0.5, 0.6) is 0 Å². The molecule has 0 spiro atoms. The zero-order valence-corrected chi connectivity index (χ0v) is 7.83. The molecule has 3 fully saturated rings. The fourth-order valence-corrected chi connectivity index (χ4v) is 2.47. The van der Waals surface area contributed by atoms with Crippen molar-refractivity contribution in [2.24, 2.45) is 17.8 Å². The lowest BCUT2D eigenvalue weighted by Crippen LogP contribution is -2.45. The molecule has 2 atom stereocenters. The number of likely N-dealkylation sites (tertiary alicyclic amines) is 1. The van der Waals surface area contributed by atoms with Crippen molar-refractivity contribution in [1.29, 1.82) is 0 Å². The summed E-state index contributed by atoms with van der Waals surface area (Å²) in [7, 11) is 0. The standard InChI is InChI=1S/C10H16N2O/c13-10(1-7-3-11-4-7)12-5-8-2-9(8)6-12/h7-9,11H,1-6H2. The smallest absolute Gasteiger partial charge is 0.222 e. The summed E-state index contributed by atoms with van der Waals surface area (Å²) in [6.07, 6.45) is 2.17. The normalized spacial score (nSPS) is 37.1. The van der Waals surface area contributed by atoms with Crippen LogP contribution in [0.25, 0.3) is 0 Å². The minimum atomic E-state index is 0.402. The summed E-state index contributed by atoms with van der Waals surface area (Å²) in [5.74, 6) is 2.79. The predicted octanol–water partition coefficient (Wildman–Crippen LogP) is 0.0742. The lowest BCUT2D eigenvalue weighted by molar-refractivity contribution is -0.132. The van der Waals surface area contributed by atoms with Crippen molar-refractivity contribution in [1.82, 2.24) is 10.2 Å².